The third-order valence-electron chi connectivity index (χ3n) is 5.40. The van der Waals surface area contributed by atoms with Gasteiger partial charge in [-0.25, -0.2) is 4.39 Å². The molecule has 1 aliphatic carbocycles. The molecule has 37 heavy (non-hydrogen) atoms. The first-order valence-corrected chi connectivity index (χ1v) is 11.6. The van der Waals surface area contributed by atoms with Gasteiger partial charge in [0.25, 0.3) is 0 Å². The molecule has 0 aliphatic heterocycles. The number of ketones is 1. The van der Waals surface area contributed by atoms with E-state index in [4.69, 9.17) is 9.47 Å². The molecule has 1 N–H and O–H groups in total. The van der Waals surface area contributed by atoms with E-state index in [1.807, 2.05) is 4.90 Å². The van der Waals surface area contributed by atoms with Crippen LogP contribution in [-0.2, 0) is 26.9 Å². The van der Waals surface area contributed by atoms with E-state index in [2.05, 4.69) is 5.32 Å². The number of allylic oxidation sites excluding steroid dienone is 3. The Morgan fingerprint density at radius 3 is 2.51 bits per heavy atom. The molecule has 0 spiro atoms. The topological polar surface area (TPSA) is 67.9 Å². The lowest BCUT2D eigenvalue weighted by Gasteiger charge is -2.17. The second kappa shape index (κ2) is 12.1. The number of ether oxygens (including phenoxy) is 2. The SMILES string of the molecule is CCOC1=CC(=O)CC=C1c1ccc(CC(=O)Nc2cc(OCCN(C)C)cc(C(F)(F)F)c2)c(F)c1. The molecule has 2 aromatic carbocycles. The molecule has 0 fully saturated rings. The van der Waals surface area contributed by atoms with Crippen molar-refractivity contribution in [2.45, 2.75) is 25.9 Å². The van der Waals surface area contributed by atoms with Gasteiger partial charge < -0.3 is 19.7 Å². The zero-order chi connectivity index (χ0) is 27.2. The van der Waals surface area contributed by atoms with Crippen LogP contribution in [0.25, 0.3) is 5.57 Å². The lowest BCUT2D eigenvalue weighted by atomic mass is 9.95. The monoisotopic (exact) mass is 520 g/mol. The highest BCUT2D eigenvalue weighted by Gasteiger charge is 2.31. The summed E-state index contributed by atoms with van der Waals surface area (Å²) in [5, 5.41) is 2.40. The van der Waals surface area contributed by atoms with Crippen LogP contribution < -0.4 is 10.1 Å². The molecule has 1 aliphatic rings. The fraction of sp³-hybridized carbons (Fsp3) is 0.333. The van der Waals surface area contributed by atoms with Gasteiger partial charge in [-0.2, -0.15) is 13.2 Å². The average molecular weight is 521 g/mol. The van der Waals surface area contributed by atoms with Crippen LogP contribution in [0.3, 0.4) is 0 Å². The summed E-state index contributed by atoms with van der Waals surface area (Å²) in [7, 11) is 3.60. The van der Waals surface area contributed by atoms with Crippen molar-refractivity contribution in [1.29, 1.82) is 0 Å². The molecule has 0 bridgehead atoms. The molecule has 0 unspecified atom stereocenters. The summed E-state index contributed by atoms with van der Waals surface area (Å²) in [5.74, 6) is -1.18. The Hall–Kier alpha value is -3.66. The van der Waals surface area contributed by atoms with Crippen molar-refractivity contribution >= 4 is 23.0 Å². The summed E-state index contributed by atoms with van der Waals surface area (Å²) >= 11 is 0. The maximum Gasteiger partial charge on any atom is 0.416 e. The van der Waals surface area contributed by atoms with Crippen molar-refractivity contribution in [3.63, 3.8) is 0 Å². The summed E-state index contributed by atoms with van der Waals surface area (Å²) < 4.78 is 65.9. The van der Waals surface area contributed by atoms with E-state index in [1.54, 1.807) is 33.2 Å². The lowest BCUT2D eigenvalue weighted by molar-refractivity contribution is -0.137. The minimum atomic E-state index is -4.64. The summed E-state index contributed by atoms with van der Waals surface area (Å²) in [6, 6.07) is 7.21. The van der Waals surface area contributed by atoms with Crippen molar-refractivity contribution in [2.24, 2.45) is 0 Å². The second-order valence-electron chi connectivity index (χ2n) is 8.66. The predicted molar refractivity (Wildman–Crippen MR) is 132 cm³/mol. The number of halogens is 4. The number of benzene rings is 2. The fourth-order valence-corrected chi connectivity index (χ4v) is 3.62. The minimum Gasteiger partial charge on any atom is -0.493 e. The van der Waals surface area contributed by atoms with Gasteiger partial charge in [-0.15, -0.1) is 0 Å². The van der Waals surface area contributed by atoms with E-state index < -0.39 is 29.9 Å². The Morgan fingerprint density at radius 2 is 1.86 bits per heavy atom. The van der Waals surface area contributed by atoms with Crippen molar-refractivity contribution in [2.75, 3.05) is 39.2 Å². The maximum absolute atomic E-state index is 14.9. The Morgan fingerprint density at radius 1 is 1.11 bits per heavy atom. The number of likely N-dealkylation sites (N-methyl/N-ethyl adjacent to an activating group) is 1. The summed E-state index contributed by atoms with van der Waals surface area (Å²) in [6.45, 7) is 2.74. The predicted octanol–water partition coefficient (Wildman–Crippen LogP) is 5.24. The van der Waals surface area contributed by atoms with Crippen LogP contribution in [0, 0.1) is 5.82 Å². The quantitative estimate of drug-likeness (QED) is 0.434. The van der Waals surface area contributed by atoms with Gasteiger partial charge >= 0.3 is 6.18 Å². The van der Waals surface area contributed by atoms with Crippen LogP contribution in [0.4, 0.5) is 23.2 Å². The van der Waals surface area contributed by atoms with E-state index in [9.17, 15) is 27.2 Å². The van der Waals surface area contributed by atoms with Crippen molar-refractivity contribution in [3.8, 4) is 5.75 Å². The molecule has 10 heteroatoms. The summed E-state index contributed by atoms with van der Waals surface area (Å²) in [6.07, 6.45) is -1.86. The molecule has 0 heterocycles. The molecule has 0 radical (unpaired) electrons. The normalized spacial score (nSPS) is 13.8. The van der Waals surface area contributed by atoms with Gasteiger partial charge in [-0.3, -0.25) is 9.59 Å². The number of anilines is 1. The maximum atomic E-state index is 14.9. The molecular formula is C27H28F4N2O4. The fourth-order valence-electron chi connectivity index (χ4n) is 3.62. The number of nitrogens with one attached hydrogen (secondary N) is 1. The molecular weight excluding hydrogens is 492 g/mol. The number of hydrogen-bond acceptors (Lipinski definition) is 5. The molecule has 198 valence electrons. The minimum absolute atomic E-state index is 0.0418. The molecule has 0 saturated carbocycles. The van der Waals surface area contributed by atoms with Gasteiger partial charge in [0.1, 0.15) is 23.9 Å². The van der Waals surface area contributed by atoms with Crippen molar-refractivity contribution in [3.05, 3.63) is 76.8 Å². The summed E-state index contributed by atoms with van der Waals surface area (Å²) in [4.78, 5) is 26.1. The van der Waals surface area contributed by atoms with E-state index in [-0.39, 0.29) is 35.8 Å². The number of rotatable bonds is 10. The Bertz CT molecular complexity index is 1220. The first-order chi connectivity index (χ1) is 17.5. The molecule has 6 nitrogen and oxygen atoms in total. The molecule has 3 rings (SSSR count). The number of hydrogen-bond donors (Lipinski definition) is 1. The second-order valence-corrected chi connectivity index (χ2v) is 8.66. The number of carbonyl (C=O) groups excluding carboxylic acids is 2. The van der Waals surface area contributed by atoms with Crippen molar-refractivity contribution < 1.29 is 36.6 Å². The standard InChI is InChI=1S/C27H28F4N2O4/c1-4-36-25-16-21(34)7-8-23(25)17-5-6-18(24(28)11-17)12-26(35)32-20-13-19(27(29,30)31)14-22(15-20)37-10-9-33(2)3/h5-6,8,11,13-16H,4,7,9-10,12H2,1-3H3,(H,32,35). The zero-order valence-corrected chi connectivity index (χ0v) is 20.7. The van der Waals surface area contributed by atoms with Gasteiger partial charge in [0.15, 0.2) is 5.78 Å². The smallest absolute Gasteiger partial charge is 0.416 e. The number of alkyl halides is 3. The molecule has 0 aromatic heterocycles. The van der Waals surface area contributed by atoms with Gasteiger partial charge in [0, 0.05) is 36.4 Å². The Kier molecular flexibility index (Phi) is 9.09. The lowest BCUT2D eigenvalue weighted by Crippen LogP contribution is -2.20. The van der Waals surface area contributed by atoms with Crippen LogP contribution in [-0.4, -0.2) is 50.4 Å². The summed E-state index contributed by atoms with van der Waals surface area (Å²) in [5.41, 5.74) is 0.0248. The molecule has 0 atom stereocenters. The molecule has 2 aromatic rings. The molecule has 1 amide bonds. The van der Waals surface area contributed by atoms with Gasteiger partial charge in [0.2, 0.25) is 5.91 Å². The number of carbonyl (C=O) groups is 2. The third-order valence-corrected chi connectivity index (χ3v) is 5.40. The van der Waals surface area contributed by atoms with Gasteiger partial charge in [-0.05, 0) is 50.3 Å². The Balaban J connectivity index is 1.75. The van der Waals surface area contributed by atoms with Crippen LogP contribution in [0.1, 0.15) is 30.0 Å². The van der Waals surface area contributed by atoms with E-state index in [0.29, 0.717) is 30.0 Å². The van der Waals surface area contributed by atoms with E-state index in [1.165, 1.54) is 24.3 Å². The average Bonchev–Trinajstić information content (AvgIpc) is 2.80. The largest absolute Gasteiger partial charge is 0.493 e. The van der Waals surface area contributed by atoms with E-state index in [0.717, 1.165) is 12.1 Å². The highest BCUT2D eigenvalue weighted by atomic mass is 19.4. The zero-order valence-electron chi connectivity index (χ0n) is 20.7. The first kappa shape index (κ1) is 27.9. The van der Waals surface area contributed by atoms with E-state index >= 15 is 0 Å². The molecule has 0 saturated heterocycles. The van der Waals surface area contributed by atoms with Crippen LogP contribution in [0.15, 0.2) is 54.3 Å². The first-order valence-electron chi connectivity index (χ1n) is 11.6. The highest BCUT2D eigenvalue weighted by Crippen LogP contribution is 2.34. The highest BCUT2D eigenvalue weighted by molar-refractivity contribution is 5.99. The van der Waals surface area contributed by atoms with Crippen molar-refractivity contribution in [1.82, 2.24) is 4.90 Å². The van der Waals surface area contributed by atoms with Gasteiger partial charge in [-0.1, -0.05) is 18.2 Å². The van der Waals surface area contributed by atoms with Crippen LogP contribution in [0.5, 0.6) is 5.75 Å². The van der Waals surface area contributed by atoms with Gasteiger partial charge in [0.05, 0.1) is 18.6 Å². The third kappa shape index (κ3) is 7.91. The van der Waals surface area contributed by atoms with Crippen LogP contribution in [0.2, 0.25) is 0 Å². The number of nitrogens with zero attached hydrogens (tertiary/aromatic N) is 1. The van der Waals surface area contributed by atoms with Crippen LogP contribution >= 0.6 is 0 Å². The number of amides is 1. The Labute approximate surface area is 212 Å².